The number of aromatic nitrogens is 2. The van der Waals surface area contributed by atoms with E-state index in [2.05, 4.69) is 74.7 Å². The number of likely N-dealkylation sites (N-methyl/N-ethyl adjacent to an activating group) is 1. The molecular formula is C21H30N6. The van der Waals surface area contributed by atoms with Crippen molar-refractivity contribution in [2.24, 2.45) is 0 Å². The van der Waals surface area contributed by atoms with Crippen LogP contribution in [0.25, 0.3) is 0 Å². The van der Waals surface area contributed by atoms with Crippen molar-refractivity contribution < 1.29 is 0 Å². The normalized spacial score (nSPS) is 18.9. The van der Waals surface area contributed by atoms with E-state index >= 15 is 0 Å². The van der Waals surface area contributed by atoms with Gasteiger partial charge in [0.1, 0.15) is 18.0 Å². The lowest BCUT2D eigenvalue weighted by molar-refractivity contribution is 0.312. The summed E-state index contributed by atoms with van der Waals surface area (Å²) < 4.78 is 0. The average molecular weight is 367 g/mol. The van der Waals surface area contributed by atoms with Crippen LogP contribution in [0.5, 0.6) is 0 Å². The van der Waals surface area contributed by atoms with Crippen LogP contribution in [0.15, 0.2) is 30.6 Å². The van der Waals surface area contributed by atoms with Crippen molar-refractivity contribution in [1.29, 1.82) is 0 Å². The molecule has 6 nitrogen and oxygen atoms in total. The fourth-order valence-corrected chi connectivity index (χ4v) is 3.97. The van der Waals surface area contributed by atoms with Crippen LogP contribution >= 0.6 is 0 Å². The van der Waals surface area contributed by atoms with Gasteiger partial charge in [-0.3, -0.25) is 0 Å². The summed E-state index contributed by atoms with van der Waals surface area (Å²) in [4.78, 5) is 18.7. The number of hydrogen-bond donors (Lipinski definition) is 0. The van der Waals surface area contributed by atoms with E-state index < -0.39 is 0 Å². The Balaban J connectivity index is 1.42. The van der Waals surface area contributed by atoms with Crippen molar-refractivity contribution >= 4 is 17.3 Å². The summed E-state index contributed by atoms with van der Waals surface area (Å²) in [5.74, 6) is 2.12. The van der Waals surface area contributed by atoms with Crippen LogP contribution in [-0.2, 0) is 0 Å². The first-order valence-corrected chi connectivity index (χ1v) is 9.93. The standard InChI is InChI=1S/C21H30N6/c1-17-5-4-6-19(18(17)2)25-11-13-27(14-12-25)21-15-20(22-16-23-21)26-9-7-24(3)8-10-26/h4-6,15-16H,7-14H2,1-3H3. The fourth-order valence-electron chi connectivity index (χ4n) is 3.97. The SMILES string of the molecule is Cc1cccc(N2CCN(c3cc(N4CCN(C)CC4)ncn3)CC2)c1C. The molecule has 2 aromatic rings. The first kappa shape index (κ1) is 18.0. The summed E-state index contributed by atoms with van der Waals surface area (Å²) in [7, 11) is 2.18. The molecule has 1 aromatic heterocycles. The molecule has 0 unspecified atom stereocenters. The molecule has 1 aromatic carbocycles. The molecule has 6 heteroatoms. The van der Waals surface area contributed by atoms with Gasteiger partial charge in [-0.25, -0.2) is 9.97 Å². The van der Waals surface area contributed by atoms with Crippen LogP contribution in [-0.4, -0.2) is 74.3 Å². The molecule has 2 saturated heterocycles. The van der Waals surface area contributed by atoms with Gasteiger partial charge in [0.25, 0.3) is 0 Å². The largest absolute Gasteiger partial charge is 0.368 e. The van der Waals surface area contributed by atoms with E-state index in [0.717, 1.165) is 64.0 Å². The molecule has 144 valence electrons. The molecule has 4 rings (SSSR count). The highest BCUT2D eigenvalue weighted by atomic mass is 15.3. The molecule has 2 aliphatic rings. The summed E-state index contributed by atoms with van der Waals surface area (Å²) in [6, 6.07) is 8.76. The van der Waals surface area contributed by atoms with E-state index in [1.165, 1.54) is 16.8 Å². The Hall–Kier alpha value is -2.34. The van der Waals surface area contributed by atoms with E-state index in [0.29, 0.717) is 0 Å². The molecule has 0 radical (unpaired) electrons. The number of rotatable bonds is 3. The Labute approximate surface area is 162 Å². The Bertz CT molecular complexity index is 776. The van der Waals surface area contributed by atoms with Gasteiger partial charge in [-0.15, -0.1) is 0 Å². The lowest BCUT2D eigenvalue weighted by atomic mass is 10.1. The Kier molecular flexibility index (Phi) is 5.16. The summed E-state index contributed by atoms with van der Waals surface area (Å²) in [6.45, 7) is 12.7. The zero-order chi connectivity index (χ0) is 18.8. The van der Waals surface area contributed by atoms with Gasteiger partial charge >= 0.3 is 0 Å². The number of piperazine rings is 2. The molecule has 0 aliphatic carbocycles. The second kappa shape index (κ2) is 7.72. The van der Waals surface area contributed by atoms with E-state index in [1.807, 2.05) is 0 Å². The molecule has 0 N–H and O–H groups in total. The van der Waals surface area contributed by atoms with Gasteiger partial charge in [0.2, 0.25) is 0 Å². The second-order valence-electron chi connectivity index (χ2n) is 7.72. The molecule has 27 heavy (non-hydrogen) atoms. The summed E-state index contributed by atoms with van der Waals surface area (Å²) in [6.07, 6.45) is 1.72. The van der Waals surface area contributed by atoms with Gasteiger partial charge in [0.05, 0.1) is 0 Å². The zero-order valence-corrected chi connectivity index (χ0v) is 16.7. The second-order valence-corrected chi connectivity index (χ2v) is 7.72. The Morgan fingerprint density at radius 1 is 0.741 bits per heavy atom. The van der Waals surface area contributed by atoms with Crippen molar-refractivity contribution in [3.63, 3.8) is 0 Å². The third-order valence-corrected chi connectivity index (χ3v) is 5.99. The molecule has 0 spiro atoms. The predicted octanol–water partition coefficient (Wildman–Crippen LogP) is 2.17. The highest BCUT2D eigenvalue weighted by Crippen LogP contribution is 2.25. The minimum Gasteiger partial charge on any atom is -0.368 e. The predicted molar refractivity (Wildman–Crippen MR) is 112 cm³/mol. The van der Waals surface area contributed by atoms with Gasteiger partial charge < -0.3 is 19.6 Å². The Morgan fingerprint density at radius 2 is 1.30 bits per heavy atom. The molecule has 2 fully saturated rings. The third kappa shape index (κ3) is 3.86. The first-order chi connectivity index (χ1) is 13.1. The van der Waals surface area contributed by atoms with Crippen molar-refractivity contribution in [2.45, 2.75) is 13.8 Å². The molecule has 0 saturated carbocycles. The van der Waals surface area contributed by atoms with Crippen LogP contribution in [0.3, 0.4) is 0 Å². The van der Waals surface area contributed by atoms with E-state index in [-0.39, 0.29) is 0 Å². The summed E-state index contributed by atoms with van der Waals surface area (Å²) in [5, 5.41) is 0. The van der Waals surface area contributed by atoms with Crippen LogP contribution in [0, 0.1) is 13.8 Å². The molecule has 3 heterocycles. The number of aryl methyl sites for hydroxylation is 1. The average Bonchev–Trinajstić information content (AvgIpc) is 2.71. The molecule has 0 atom stereocenters. The molecule has 0 bridgehead atoms. The van der Waals surface area contributed by atoms with Gasteiger partial charge in [-0.05, 0) is 38.1 Å². The number of nitrogens with zero attached hydrogens (tertiary/aromatic N) is 6. The number of anilines is 3. The van der Waals surface area contributed by atoms with Crippen LogP contribution in [0.1, 0.15) is 11.1 Å². The highest BCUT2D eigenvalue weighted by Gasteiger charge is 2.21. The summed E-state index contributed by atoms with van der Waals surface area (Å²) in [5.41, 5.74) is 4.13. The maximum atomic E-state index is 4.56. The number of hydrogen-bond acceptors (Lipinski definition) is 6. The lowest BCUT2D eigenvalue weighted by Gasteiger charge is -2.38. The van der Waals surface area contributed by atoms with Gasteiger partial charge in [0.15, 0.2) is 0 Å². The van der Waals surface area contributed by atoms with Crippen molar-refractivity contribution in [3.05, 3.63) is 41.7 Å². The van der Waals surface area contributed by atoms with E-state index in [1.54, 1.807) is 6.33 Å². The maximum Gasteiger partial charge on any atom is 0.134 e. The van der Waals surface area contributed by atoms with Crippen molar-refractivity contribution in [1.82, 2.24) is 14.9 Å². The van der Waals surface area contributed by atoms with Crippen LogP contribution in [0.2, 0.25) is 0 Å². The van der Waals surface area contributed by atoms with Gasteiger partial charge in [-0.1, -0.05) is 12.1 Å². The van der Waals surface area contributed by atoms with Gasteiger partial charge in [-0.2, -0.15) is 0 Å². The molecule has 0 amide bonds. The zero-order valence-electron chi connectivity index (χ0n) is 16.7. The maximum absolute atomic E-state index is 4.56. The monoisotopic (exact) mass is 366 g/mol. The Morgan fingerprint density at radius 3 is 1.93 bits per heavy atom. The van der Waals surface area contributed by atoms with E-state index in [9.17, 15) is 0 Å². The first-order valence-electron chi connectivity index (χ1n) is 9.93. The van der Waals surface area contributed by atoms with Crippen molar-refractivity contribution in [2.75, 3.05) is 74.1 Å². The third-order valence-electron chi connectivity index (χ3n) is 5.99. The smallest absolute Gasteiger partial charge is 0.134 e. The topological polar surface area (TPSA) is 38.7 Å². The fraction of sp³-hybridized carbons (Fsp3) is 0.524. The number of benzene rings is 1. The minimum absolute atomic E-state index is 0.993. The molecular weight excluding hydrogens is 336 g/mol. The minimum atomic E-state index is 0.993. The summed E-state index contributed by atoms with van der Waals surface area (Å²) >= 11 is 0. The van der Waals surface area contributed by atoms with Crippen molar-refractivity contribution in [3.8, 4) is 0 Å². The lowest BCUT2D eigenvalue weighted by Crippen LogP contribution is -2.47. The quantitative estimate of drug-likeness (QED) is 0.829. The van der Waals surface area contributed by atoms with Crippen LogP contribution in [0.4, 0.5) is 17.3 Å². The highest BCUT2D eigenvalue weighted by molar-refractivity contribution is 5.58. The van der Waals surface area contributed by atoms with Gasteiger partial charge in [0, 0.05) is 64.1 Å². The molecule has 2 aliphatic heterocycles. The van der Waals surface area contributed by atoms with E-state index in [4.69, 9.17) is 0 Å². The van der Waals surface area contributed by atoms with Crippen LogP contribution < -0.4 is 14.7 Å².